The fraction of sp³-hybridized carbons (Fsp3) is 0.308. The summed E-state index contributed by atoms with van der Waals surface area (Å²) in [7, 11) is 3.31. The largest absolute Gasteiger partial charge is 0.464 e. The van der Waals surface area contributed by atoms with Crippen LogP contribution in [0, 0.1) is 13.8 Å². The second kappa shape index (κ2) is 3.67. The monoisotopic (exact) mass is 217 g/mol. The molecule has 0 aliphatic carbocycles. The van der Waals surface area contributed by atoms with Crippen molar-refractivity contribution < 1.29 is 9.53 Å². The van der Waals surface area contributed by atoms with Crippen LogP contribution in [0.4, 0.5) is 0 Å². The van der Waals surface area contributed by atoms with E-state index in [0.717, 1.165) is 16.5 Å². The number of carbonyl (C=O) groups is 1. The molecule has 0 amide bonds. The van der Waals surface area contributed by atoms with Gasteiger partial charge in [0.15, 0.2) is 0 Å². The van der Waals surface area contributed by atoms with E-state index in [2.05, 4.69) is 0 Å². The maximum Gasteiger partial charge on any atom is 0.354 e. The molecule has 0 aliphatic rings. The minimum atomic E-state index is -0.282. The lowest BCUT2D eigenvalue weighted by Crippen LogP contribution is -2.09. The first-order valence-corrected chi connectivity index (χ1v) is 5.20. The smallest absolute Gasteiger partial charge is 0.354 e. The molecule has 1 heterocycles. The standard InChI is InChI=1S/C13H15NO2/c1-8-6-5-7-10-9(2)12(13(15)16-4)14(3)11(8)10/h5-7H,1-4H3. The highest BCUT2D eigenvalue weighted by atomic mass is 16.5. The number of hydrogen-bond donors (Lipinski definition) is 0. The van der Waals surface area contributed by atoms with Crippen molar-refractivity contribution in [2.75, 3.05) is 7.11 Å². The van der Waals surface area contributed by atoms with Gasteiger partial charge in [0.05, 0.1) is 12.6 Å². The Hall–Kier alpha value is -1.77. The van der Waals surface area contributed by atoms with E-state index in [4.69, 9.17) is 4.74 Å². The van der Waals surface area contributed by atoms with E-state index in [1.54, 1.807) is 0 Å². The number of hydrogen-bond acceptors (Lipinski definition) is 2. The van der Waals surface area contributed by atoms with Gasteiger partial charge in [-0.15, -0.1) is 0 Å². The number of para-hydroxylation sites is 1. The van der Waals surface area contributed by atoms with Crippen LogP contribution in [0.25, 0.3) is 10.9 Å². The predicted molar refractivity (Wildman–Crippen MR) is 63.7 cm³/mol. The fourth-order valence-electron chi connectivity index (χ4n) is 2.28. The predicted octanol–water partition coefficient (Wildman–Crippen LogP) is 2.58. The van der Waals surface area contributed by atoms with E-state index in [9.17, 15) is 4.79 Å². The van der Waals surface area contributed by atoms with Crippen molar-refractivity contribution in [1.82, 2.24) is 4.57 Å². The summed E-state index contributed by atoms with van der Waals surface area (Å²) in [6, 6.07) is 6.08. The summed E-state index contributed by atoms with van der Waals surface area (Å²) in [5.41, 5.74) is 3.87. The first-order chi connectivity index (χ1) is 7.57. The molecule has 0 bridgehead atoms. The Morgan fingerprint density at radius 2 is 2.00 bits per heavy atom. The van der Waals surface area contributed by atoms with Crippen LogP contribution in [-0.2, 0) is 11.8 Å². The molecule has 84 valence electrons. The highest BCUT2D eigenvalue weighted by Gasteiger charge is 2.19. The maximum atomic E-state index is 11.7. The Morgan fingerprint density at radius 3 is 2.56 bits per heavy atom. The number of fused-ring (bicyclic) bond motifs is 1. The molecule has 0 fully saturated rings. The Kier molecular flexibility index (Phi) is 2.46. The summed E-state index contributed by atoms with van der Waals surface area (Å²) in [5.74, 6) is -0.282. The second-order valence-electron chi connectivity index (χ2n) is 4.00. The van der Waals surface area contributed by atoms with E-state index in [1.165, 1.54) is 12.7 Å². The lowest BCUT2D eigenvalue weighted by molar-refractivity contribution is 0.0589. The zero-order valence-corrected chi connectivity index (χ0v) is 10.00. The molecule has 3 heteroatoms. The third-order valence-electron chi connectivity index (χ3n) is 3.05. The first-order valence-electron chi connectivity index (χ1n) is 5.20. The molecule has 1 aromatic heterocycles. The van der Waals surface area contributed by atoms with E-state index >= 15 is 0 Å². The molecule has 2 rings (SSSR count). The number of esters is 1. The van der Waals surface area contributed by atoms with Gasteiger partial charge in [0, 0.05) is 12.4 Å². The van der Waals surface area contributed by atoms with Gasteiger partial charge >= 0.3 is 5.97 Å². The van der Waals surface area contributed by atoms with Crippen LogP contribution in [0.5, 0.6) is 0 Å². The molecule has 0 atom stereocenters. The molecule has 0 aliphatic heterocycles. The Morgan fingerprint density at radius 1 is 1.31 bits per heavy atom. The van der Waals surface area contributed by atoms with Crippen molar-refractivity contribution >= 4 is 16.9 Å². The number of nitrogens with zero attached hydrogens (tertiary/aromatic N) is 1. The molecule has 0 saturated carbocycles. The Labute approximate surface area is 94.6 Å². The van der Waals surface area contributed by atoms with Gasteiger partial charge in [0.25, 0.3) is 0 Å². The molecule has 2 aromatic rings. The minimum Gasteiger partial charge on any atom is -0.464 e. The van der Waals surface area contributed by atoms with Crippen LogP contribution in [0.15, 0.2) is 18.2 Å². The summed E-state index contributed by atoms with van der Waals surface area (Å²) in [6.07, 6.45) is 0. The molecule has 0 N–H and O–H groups in total. The van der Waals surface area contributed by atoms with Crippen molar-refractivity contribution in [3.05, 3.63) is 35.0 Å². The lowest BCUT2D eigenvalue weighted by Gasteiger charge is -2.04. The molecule has 0 saturated heterocycles. The normalized spacial score (nSPS) is 10.8. The Bertz CT molecular complexity index is 567. The lowest BCUT2D eigenvalue weighted by atomic mass is 10.1. The molecular weight excluding hydrogens is 202 g/mol. The van der Waals surface area contributed by atoms with Gasteiger partial charge in [-0.3, -0.25) is 0 Å². The third kappa shape index (κ3) is 1.32. The van der Waals surface area contributed by atoms with Gasteiger partial charge in [0.2, 0.25) is 0 Å². The molecular formula is C13H15NO2. The van der Waals surface area contributed by atoms with Crippen LogP contribution in [0.2, 0.25) is 0 Å². The molecule has 3 nitrogen and oxygen atoms in total. The zero-order chi connectivity index (χ0) is 11.9. The number of rotatable bonds is 1. The average molecular weight is 217 g/mol. The van der Waals surface area contributed by atoms with Crippen molar-refractivity contribution in [2.45, 2.75) is 13.8 Å². The zero-order valence-electron chi connectivity index (χ0n) is 10.00. The van der Waals surface area contributed by atoms with Gasteiger partial charge in [-0.1, -0.05) is 18.2 Å². The molecule has 16 heavy (non-hydrogen) atoms. The SMILES string of the molecule is COC(=O)c1c(C)c2cccc(C)c2n1C. The molecule has 0 radical (unpaired) electrons. The van der Waals surface area contributed by atoms with E-state index < -0.39 is 0 Å². The summed E-state index contributed by atoms with van der Waals surface area (Å²) < 4.78 is 6.72. The molecule has 0 spiro atoms. The quantitative estimate of drug-likeness (QED) is 0.687. The highest BCUT2D eigenvalue weighted by molar-refractivity contribution is 5.99. The van der Waals surface area contributed by atoms with Crippen LogP contribution >= 0.6 is 0 Å². The van der Waals surface area contributed by atoms with Crippen LogP contribution in [0.1, 0.15) is 21.6 Å². The van der Waals surface area contributed by atoms with E-state index in [1.807, 2.05) is 43.7 Å². The fourth-order valence-corrected chi connectivity index (χ4v) is 2.28. The topological polar surface area (TPSA) is 31.2 Å². The van der Waals surface area contributed by atoms with Crippen LogP contribution < -0.4 is 0 Å². The van der Waals surface area contributed by atoms with Gasteiger partial charge < -0.3 is 9.30 Å². The van der Waals surface area contributed by atoms with Crippen molar-refractivity contribution in [1.29, 1.82) is 0 Å². The van der Waals surface area contributed by atoms with Gasteiger partial charge in [-0.2, -0.15) is 0 Å². The van der Waals surface area contributed by atoms with E-state index in [-0.39, 0.29) is 5.97 Å². The van der Waals surface area contributed by atoms with Crippen molar-refractivity contribution in [2.24, 2.45) is 7.05 Å². The summed E-state index contributed by atoms with van der Waals surface area (Å²) in [4.78, 5) is 11.7. The number of methoxy groups -OCH3 is 1. The van der Waals surface area contributed by atoms with Gasteiger partial charge in [0.1, 0.15) is 5.69 Å². The summed E-state index contributed by atoms with van der Waals surface area (Å²) in [6.45, 7) is 4.00. The Balaban J connectivity index is 2.87. The number of aromatic nitrogens is 1. The summed E-state index contributed by atoms with van der Waals surface area (Å²) >= 11 is 0. The number of carbonyl (C=O) groups excluding carboxylic acids is 1. The highest BCUT2D eigenvalue weighted by Crippen LogP contribution is 2.27. The van der Waals surface area contributed by atoms with Gasteiger partial charge in [-0.05, 0) is 25.0 Å². The van der Waals surface area contributed by atoms with E-state index in [0.29, 0.717) is 5.69 Å². The maximum absolute atomic E-state index is 11.7. The molecule has 1 aromatic carbocycles. The summed E-state index contributed by atoms with van der Waals surface area (Å²) in [5, 5.41) is 1.11. The van der Waals surface area contributed by atoms with Crippen LogP contribution in [0.3, 0.4) is 0 Å². The molecule has 0 unspecified atom stereocenters. The number of benzene rings is 1. The first kappa shape index (κ1) is 10.7. The van der Waals surface area contributed by atoms with Crippen molar-refractivity contribution in [3.8, 4) is 0 Å². The van der Waals surface area contributed by atoms with Crippen LogP contribution in [-0.4, -0.2) is 17.6 Å². The number of ether oxygens (including phenoxy) is 1. The second-order valence-corrected chi connectivity index (χ2v) is 4.00. The van der Waals surface area contributed by atoms with Crippen molar-refractivity contribution in [3.63, 3.8) is 0 Å². The van der Waals surface area contributed by atoms with Gasteiger partial charge in [-0.25, -0.2) is 4.79 Å². The average Bonchev–Trinajstić information content (AvgIpc) is 2.52. The third-order valence-corrected chi connectivity index (χ3v) is 3.05. The minimum absolute atomic E-state index is 0.282. The number of aryl methyl sites for hydroxylation is 3.